The second-order valence-electron chi connectivity index (χ2n) is 6.74. The van der Waals surface area contributed by atoms with Crippen molar-refractivity contribution in [3.8, 4) is 0 Å². The Labute approximate surface area is 144 Å². The smallest absolute Gasteiger partial charge is 0.227 e. The minimum absolute atomic E-state index is 0.0153. The highest BCUT2D eigenvalue weighted by Gasteiger charge is 2.34. The lowest BCUT2D eigenvalue weighted by Gasteiger charge is -2.18. The molecule has 0 bridgehead atoms. The normalized spacial score (nSPS) is 17.6. The van der Waals surface area contributed by atoms with Crippen molar-refractivity contribution < 1.29 is 14.3 Å². The molecule has 24 heavy (non-hydrogen) atoms. The van der Waals surface area contributed by atoms with Crippen molar-refractivity contribution in [1.29, 1.82) is 0 Å². The summed E-state index contributed by atoms with van der Waals surface area (Å²) in [6, 6.07) is 5.97. The molecule has 1 fully saturated rings. The number of nitrogens with one attached hydrogen (secondary N) is 1. The van der Waals surface area contributed by atoms with Crippen molar-refractivity contribution in [3.05, 3.63) is 29.3 Å². The van der Waals surface area contributed by atoms with Gasteiger partial charge in [0, 0.05) is 31.8 Å². The van der Waals surface area contributed by atoms with Gasteiger partial charge in [-0.3, -0.25) is 9.59 Å². The number of carbonyl (C=O) groups excluding carboxylic acids is 2. The van der Waals surface area contributed by atoms with Crippen LogP contribution < -0.4 is 10.2 Å². The molecule has 1 saturated heterocycles. The Kier molecular flexibility index (Phi) is 6.37. The topological polar surface area (TPSA) is 58.6 Å². The molecule has 132 valence electrons. The number of hydrogen-bond acceptors (Lipinski definition) is 3. The zero-order chi connectivity index (χ0) is 17.7. The van der Waals surface area contributed by atoms with Crippen molar-refractivity contribution in [1.82, 2.24) is 5.32 Å². The zero-order valence-electron chi connectivity index (χ0n) is 15.1. The zero-order valence-corrected chi connectivity index (χ0v) is 15.1. The maximum Gasteiger partial charge on any atom is 0.227 e. The summed E-state index contributed by atoms with van der Waals surface area (Å²) in [7, 11) is 0. The number of hydrogen-bond donors (Lipinski definition) is 1. The number of aryl methyl sites for hydroxylation is 2. The molecule has 1 unspecified atom stereocenters. The van der Waals surface area contributed by atoms with Crippen LogP contribution in [0, 0.1) is 19.8 Å². The van der Waals surface area contributed by atoms with Gasteiger partial charge < -0.3 is 15.0 Å². The van der Waals surface area contributed by atoms with Gasteiger partial charge in [-0.05, 0) is 57.4 Å². The van der Waals surface area contributed by atoms with Crippen molar-refractivity contribution in [3.63, 3.8) is 0 Å². The maximum absolute atomic E-state index is 12.3. The molecule has 0 saturated carbocycles. The van der Waals surface area contributed by atoms with E-state index in [0.717, 1.165) is 17.7 Å². The minimum atomic E-state index is -0.273. The van der Waals surface area contributed by atoms with Crippen LogP contribution in [0.1, 0.15) is 37.8 Å². The number of carbonyl (C=O) groups is 2. The molecule has 1 heterocycles. The summed E-state index contributed by atoms with van der Waals surface area (Å²) in [5.74, 6) is -0.300. The van der Waals surface area contributed by atoms with Gasteiger partial charge in [0.1, 0.15) is 0 Å². The van der Waals surface area contributed by atoms with Crippen molar-refractivity contribution in [2.24, 2.45) is 5.92 Å². The molecule has 1 aliphatic rings. The fourth-order valence-electron chi connectivity index (χ4n) is 2.77. The Bertz CT molecular complexity index is 598. The molecule has 0 aromatic heterocycles. The molecule has 0 radical (unpaired) electrons. The van der Waals surface area contributed by atoms with Crippen LogP contribution in [-0.4, -0.2) is 37.6 Å². The second-order valence-corrected chi connectivity index (χ2v) is 6.74. The number of benzene rings is 1. The van der Waals surface area contributed by atoms with Gasteiger partial charge in [-0.2, -0.15) is 0 Å². The summed E-state index contributed by atoms with van der Waals surface area (Å²) in [4.78, 5) is 26.2. The van der Waals surface area contributed by atoms with Crippen LogP contribution >= 0.6 is 0 Å². The molecular weight excluding hydrogens is 304 g/mol. The number of anilines is 1. The monoisotopic (exact) mass is 332 g/mol. The van der Waals surface area contributed by atoms with Gasteiger partial charge in [-0.15, -0.1) is 0 Å². The average Bonchev–Trinajstić information content (AvgIpc) is 2.91. The predicted molar refractivity (Wildman–Crippen MR) is 95.1 cm³/mol. The fourth-order valence-corrected chi connectivity index (χ4v) is 2.77. The number of rotatable bonds is 7. The van der Waals surface area contributed by atoms with E-state index in [2.05, 4.69) is 5.32 Å². The predicted octanol–water partition coefficient (Wildman–Crippen LogP) is 2.59. The van der Waals surface area contributed by atoms with Crippen LogP contribution in [0.2, 0.25) is 0 Å². The van der Waals surface area contributed by atoms with Gasteiger partial charge in [0.2, 0.25) is 11.8 Å². The summed E-state index contributed by atoms with van der Waals surface area (Å²) in [5.41, 5.74) is 3.23. The third kappa shape index (κ3) is 4.81. The first-order chi connectivity index (χ1) is 11.4. The van der Waals surface area contributed by atoms with E-state index in [-0.39, 0.29) is 30.3 Å². The molecular formula is C19H28N2O3. The molecule has 1 aromatic carbocycles. The summed E-state index contributed by atoms with van der Waals surface area (Å²) in [6.45, 7) is 9.73. The van der Waals surface area contributed by atoms with E-state index in [9.17, 15) is 9.59 Å². The first-order valence-corrected chi connectivity index (χ1v) is 8.65. The first-order valence-electron chi connectivity index (χ1n) is 8.65. The Balaban J connectivity index is 1.85. The van der Waals surface area contributed by atoms with Gasteiger partial charge in [-0.1, -0.05) is 6.07 Å². The van der Waals surface area contributed by atoms with E-state index >= 15 is 0 Å². The van der Waals surface area contributed by atoms with E-state index in [1.807, 2.05) is 45.9 Å². The highest BCUT2D eigenvalue weighted by atomic mass is 16.5. The van der Waals surface area contributed by atoms with Gasteiger partial charge in [0.05, 0.1) is 12.0 Å². The lowest BCUT2D eigenvalue weighted by atomic mass is 10.1. The molecule has 2 rings (SSSR count). The minimum Gasteiger partial charge on any atom is -0.379 e. The number of nitrogens with zero attached hydrogens (tertiary/aromatic N) is 1. The van der Waals surface area contributed by atoms with E-state index in [1.54, 1.807) is 4.90 Å². The van der Waals surface area contributed by atoms with Gasteiger partial charge in [-0.25, -0.2) is 0 Å². The van der Waals surface area contributed by atoms with Gasteiger partial charge in [0.15, 0.2) is 0 Å². The molecule has 2 amide bonds. The molecule has 5 heteroatoms. The highest BCUT2D eigenvalue weighted by molar-refractivity contribution is 6.00. The molecule has 1 aliphatic heterocycles. The van der Waals surface area contributed by atoms with Crippen LogP contribution in [0.25, 0.3) is 0 Å². The SMILES string of the molecule is Cc1ccc(N2CC(C(=O)NCCCOC(C)C)CC2=O)cc1C. The molecule has 0 spiro atoms. The van der Waals surface area contributed by atoms with Crippen molar-refractivity contribution in [2.75, 3.05) is 24.6 Å². The lowest BCUT2D eigenvalue weighted by molar-refractivity contribution is -0.126. The summed E-state index contributed by atoms with van der Waals surface area (Å²) >= 11 is 0. The lowest BCUT2D eigenvalue weighted by Crippen LogP contribution is -2.34. The van der Waals surface area contributed by atoms with Gasteiger partial charge in [0.25, 0.3) is 0 Å². The van der Waals surface area contributed by atoms with Gasteiger partial charge >= 0.3 is 0 Å². The van der Waals surface area contributed by atoms with Crippen LogP contribution in [0.15, 0.2) is 18.2 Å². The van der Waals surface area contributed by atoms with E-state index in [4.69, 9.17) is 4.74 Å². The largest absolute Gasteiger partial charge is 0.379 e. The molecule has 5 nitrogen and oxygen atoms in total. The summed E-state index contributed by atoms with van der Waals surface area (Å²) < 4.78 is 5.45. The summed E-state index contributed by atoms with van der Waals surface area (Å²) in [5, 5.41) is 2.91. The Morgan fingerprint density at radius 1 is 1.33 bits per heavy atom. The quantitative estimate of drug-likeness (QED) is 0.781. The van der Waals surface area contributed by atoms with Crippen LogP contribution in [0.5, 0.6) is 0 Å². The van der Waals surface area contributed by atoms with E-state index in [1.165, 1.54) is 5.56 Å². The molecule has 1 N–H and O–H groups in total. The Hall–Kier alpha value is -1.88. The first kappa shape index (κ1) is 18.5. The maximum atomic E-state index is 12.3. The van der Waals surface area contributed by atoms with Crippen molar-refractivity contribution in [2.45, 2.75) is 46.6 Å². The highest BCUT2D eigenvalue weighted by Crippen LogP contribution is 2.26. The summed E-state index contributed by atoms with van der Waals surface area (Å²) in [6.07, 6.45) is 1.27. The number of amides is 2. The third-order valence-corrected chi connectivity index (χ3v) is 4.37. The van der Waals surface area contributed by atoms with E-state index < -0.39 is 0 Å². The van der Waals surface area contributed by atoms with Crippen LogP contribution in [-0.2, 0) is 14.3 Å². The average molecular weight is 332 g/mol. The second kappa shape index (κ2) is 8.29. The van der Waals surface area contributed by atoms with Crippen LogP contribution in [0.4, 0.5) is 5.69 Å². The van der Waals surface area contributed by atoms with E-state index in [0.29, 0.717) is 19.7 Å². The molecule has 1 aromatic rings. The fraction of sp³-hybridized carbons (Fsp3) is 0.579. The van der Waals surface area contributed by atoms with Crippen LogP contribution in [0.3, 0.4) is 0 Å². The Morgan fingerprint density at radius 2 is 2.08 bits per heavy atom. The standard InChI is InChI=1S/C19H28N2O3/c1-13(2)24-9-5-8-20-19(23)16-11-18(22)21(12-16)17-7-6-14(3)15(4)10-17/h6-7,10,13,16H,5,8-9,11-12H2,1-4H3,(H,20,23). The molecule has 1 atom stereocenters. The van der Waals surface area contributed by atoms with Crippen molar-refractivity contribution >= 4 is 17.5 Å². The number of ether oxygens (including phenoxy) is 1. The molecule has 0 aliphatic carbocycles. The third-order valence-electron chi connectivity index (χ3n) is 4.37. The Morgan fingerprint density at radius 3 is 2.75 bits per heavy atom.